The highest BCUT2D eigenvalue weighted by Gasteiger charge is 2.54. The molecule has 2 aliphatic rings. The maximum Gasteiger partial charge on any atom is 0.257 e. The smallest absolute Gasteiger partial charge is 0.257 e. The molecule has 0 radical (unpaired) electrons. The molecule has 3 aromatic rings. The molecule has 2 heterocycles. The fraction of sp³-hybridized carbons (Fsp3) is 0.323. The van der Waals surface area contributed by atoms with E-state index >= 15 is 0 Å². The Morgan fingerprint density at radius 2 is 1.47 bits per heavy atom. The first-order valence-corrected chi connectivity index (χ1v) is 13.1. The van der Waals surface area contributed by atoms with Gasteiger partial charge in [0.1, 0.15) is 11.8 Å². The molecule has 0 bridgehead atoms. The van der Waals surface area contributed by atoms with Gasteiger partial charge in [0.05, 0.1) is 13.0 Å². The van der Waals surface area contributed by atoms with Gasteiger partial charge < -0.3 is 15.0 Å². The van der Waals surface area contributed by atoms with E-state index in [1.165, 1.54) is 0 Å². The summed E-state index contributed by atoms with van der Waals surface area (Å²) in [6.07, 6.45) is 1.24. The predicted molar refractivity (Wildman–Crippen MR) is 144 cm³/mol. The summed E-state index contributed by atoms with van der Waals surface area (Å²) >= 11 is 0. The Labute approximate surface area is 223 Å². The summed E-state index contributed by atoms with van der Waals surface area (Å²) in [5.74, 6) is -0.405. The number of nitrogens with zero attached hydrogens (tertiary/aromatic N) is 2. The van der Waals surface area contributed by atoms with Crippen LogP contribution in [0.1, 0.15) is 39.9 Å². The van der Waals surface area contributed by atoms with E-state index in [-0.39, 0.29) is 24.3 Å². The summed E-state index contributed by atoms with van der Waals surface area (Å²) in [4.78, 5) is 43.8. The molecule has 1 spiro atoms. The van der Waals surface area contributed by atoms with Crippen LogP contribution in [0, 0.1) is 6.92 Å². The lowest BCUT2D eigenvalue weighted by Crippen LogP contribution is -2.60. The Bertz CT molecular complexity index is 1290. The van der Waals surface area contributed by atoms with Gasteiger partial charge in [-0.15, -0.1) is 0 Å². The van der Waals surface area contributed by atoms with Crippen molar-refractivity contribution < 1.29 is 19.1 Å². The Kier molecular flexibility index (Phi) is 7.56. The summed E-state index contributed by atoms with van der Waals surface area (Å²) in [5.41, 5.74) is 2.43. The molecule has 2 aliphatic heterocycles. The van der Waals surface area contributed by atoms with Gasteiger partial charge in [0, 0.05) is 38.0 Å². The zero-order valence-corrected chi connectivity index (χ0v) is 21.6. The summed E-state index contributed by atoms with van der Waals surface area (Å²) in [5, 5.41) is 2.99. The highest BCUT2D eigenvalue weighted by Crippen LogP contribution is 2.39. The number of hydrogen-bond donors (Lipinski definition) is 1. The topological polar surface area (TPSA) is 79.0 Å². The Morgan fingerprint density at radius 1 is 0.868 bits per heavy atom. The molecule has 38 heavy (non-hydrogen) atoms. The third kappa shape index (κ3) is 5.34. The summed E-state index contributed by atoms with van der Waals surface area (Å²) in [6.45, 7) is 3.31. The number of rotatable bonds is 6. The molecule has 2 fully saturated rings. The van der Waals surface area contributed by atoms with Crippen LogP contribution in [-0.2, 0) is 27.3 Å². The van der Waals surface area contributed by atoms with E-state index in [0.717, 1.165) is 16.7 Å². The SMILES string of the molecule is Cc1ccccc1C(=O)N1C(C(=O)NCc2ccccc2)COC12CCN(C(=O)Cc1ccccc1)CC2. The van der Waals surface area contributed by atoms with Gasteiger partial charge in [-0.2, -0.15) is 0 Å². The molecule has 0 saturated carbocycles. The normalized spacial score (nSPS) is 18.4. The van der Waals surface area contributed by atoms with Crippen LogP contribution in [0.3, 0.4) is 0 Å². The molecule has 3 aromatic carbocycles. The first-order chi connectivity index (χ1) is 18.5. The fourth-order valence-electron chi connectivity index (χ4n) is 5.40. The second-order valence-electron chi connectivity index (χ2n) is 10.0. The van der Waals surface area contributed by atoms with E-state index < -0.39 is 11.8 Å². The molecule has 196 valence electrons. The molecule has 3 amide bonds. The van der Waals surface area contributed by atoms with E-state index in [2.05, 4.69) is 5.32 Å². The van der Waals surface area contributed by atoms with E-state index in [1.807, 2.05) is 90.7 Å². The standard InChI is InChI=1S/C31H33N3O4/c1-23-10-8-9-15-26(23)30(37)34-27(29(36)32-21-25-13-6-3-7-14-25)22-38-31(34)16-18-33(19-17-31)28(35)20-24-11-4-2-5-12-24/h2-15,27H,16-22H2,1H3,(H,32,36). The van der Waals surface area contributed by atoms with Crippen molar-refractivity contribution in [2.75, 3.05) is 19.7 Å². The van der Waals surface area contributed by atoms with Crippen molar-refractivity contribution in [3.8, 4) is 0 Å². The zero-order chi connectivity index (χ0) is 26.5. The maximum absolute atomic E-state index is 14.0. The van der Waals surface area contributed by atoms with Gasteiger partial charge in [-0.3, -0.25) is 19.3 Å². The molecule has 0 aliphatic carbocycles. The minimum absolute atomic E-state index is 0.0537. The number of amides is 3. The molecule has 7 nitrogen and oxygen atoms in total. The quantitative estimate of drug-likeness (QED) is 0.547. The van der Waals surface area contributed by atoms with Crippen LogP contribution in [0.2, 0.25) is 0 Å². The molecule has 2 saturated heterocycles. The minimum Gasteiger partial charge on any atom is -0.353 e. The van der Waals surface area contributed by atoms with Gasteiger partial charge in [-0.1, -0.05) is 78.9 Å². The lowest BCUT2D eigenvalue weighted by molar-refractivity contribution is -0.143. The molecule has 1 atom stereocenters. The molecule has 1 unspecified atom stereocenters. The van der Waals surface area contributed by atoms with Gasteiger partial charge in [0.2, 0.25) is 11.8 Å². The van der Waals surface area contributed by atoms with Gasteiger partial charge >= 0.3 is 0 Å². The molecule has 5 rings (SSSR count). The number of piperidine rings is 1. The first kappa shape index (κ1) is 25.7. The van der Waals surface area contributed by atoms with Crippen LogP contribution in [0.15, 0.2) is 84.9 Å². The van der Waals surface area contributed by atoms with Crippen molar-refractivity contribution in [1.29, 1.82) is 0 Å². The lowest BCUT2D eigenvalue weighted by atomic mass is 9.95. The van der Waals surface area contributed by atoms with Crippen molar-refractivity contribution in [3.05, 3.63) is 107 Å². The van der Waals surface area contributed by atoms with Gasteiger partial charge in [0.25, 0.3) is 5.91 Å². The Balaban J connectivity index is 1.34. The van der Waals surface area contributed by atoms with Crippen LogP contribution in [0.25, 0.3) is 0 Å². The number of benzene rings is 3. The molecular weight excluding hydrogens is 478 g/mol. The maximum atomic E-state index is 14.0. The monoisotopic (exact) mass is 511 g/mol. The highest BCUT2D eigenvalue weighted by atomic mass is 16.5. The van der Waals surface area contributed by atoms with E-state index in [9.17, 15) is 14.4 Å². The highest BCUT2D eigenvalue weighted by molar-refractivity contribution is 5.99. The molecular formula is C31H33N3O4. The van der Waals surface area contributed by atoms with Crippen molar-refractivity contribution in [1.82, 2.24) is 15.1 Å². The Morgan fingerprint density at radius 3 is 2.13 bits per heavy atom. The second-order valence-corrected chi connectivity index (χ2v) is 10.0. The summed E-state index contributed by atoms with van der Waals surface area (Å²) in [6, 6.07) is 26.0. The molecule has 1 N–H and O–H groups in total. The number of carbonyl (C=O) groups is 3. The summed E-state index contributed by atoms with van der Waals surface area (Å²) in [7, 11) is 0. The van der Waals surface area contributed by atoms with Crippen molar-refractivity contribution in [3.63, 3.8) is 0 Å². The number of aryl methyl sites for hydroxylation is 1. The van der Waals surface area contributed by atoms with E-state index in [4.69, 9.17) is 4.74 Å². The number of hydrogen-bond acceptors (Lipinski definition) is 4. The van der Waals surface area contributed by atoms with E-state index in [0.29, 0.717) is 44.5 Å². The minimum atomic E-state index is -0.933. The van der Waals surface area contributed by atoms with Gasteiger partial charge in [-0.25, -0.2) is 0 Å². The third-order valence-electron chi connectivity index (χ3n) is 7.56. The summed E-state index contributed by atoms with van der Waals surface area (Å²) < 4.78 is 6.31. The number of nitrogens with one attached hydrogen (secondary N) is 1. The van der Waals surface area contributed by atoms with Crippen LogP contribution in [-0.4, -0.2) is 59.0 Å². The molecule has 0 aromatic heterocycles. The predicted octanol–water partition coefficient (Wildman–Crippen LogP) is 3.71. The Hall–Kier alpha value is -3.97. The molecule has 7 heteroatoms. The van der Waals surface area contributed by atoms with Crippen LogP contribution in [0.4, 0.5) is 0 Å². The number of likely N-dealkylation sites (tertiary alicyclic amines) is 1. The van der Waals surface area contributed by atoms with Crippen LogP contribution < -0.4 is 5.32 Å². The van der Waals surface area contributed by atoms with Crippen molar-refractivity contribution in [2.24, 2.45) is 0 Å². The number of ether oxygens (including phenoxy) is 1. The van der Waals surface area contributed by atoms with Crippen molar-refractivity contribution >= 4 is 17.7 Å². The van der Waals surface area contributed by atoms with Crippen LogP contribution in [0.5, 0.6) is 0 Å². The lowest BCUT2D eigenvalue weighted by Gasteiger charge is -2.44. The third-order valence-corrected chi connectivity index (χ3v) is 7.56. The zero-order valence-electron chi connectivity index (χ0n) is 21.6. The second kappa shape index (κ2) is 11.2. The average molecular weight is 512 g/mol. The number of carbonyl (C=O) groups excluding carboxylic acids is 3. The average Bonchev–Trinajstić information content (AvgIpc) is 3.31. The van der Waals surface area contributed by atoms with Gasteiger partial charge in [-0.05, 0) is 29.7 Å². The first-order valence-electron chi connectivity index (χ1n) is 13.1. The fourth-order valence-corrected chi connectivity index (χ4v) is 5.40. The van der Waals surface area contributed by atoms with E-state index in [1.54, 1.807) is 11.0 Å². The van der Waals surface area contributed by atoms with Crippen LogP contribution >= 0.6 is 0 Å². The van der Waals surface area contributed by atoms with Gasteiger partial charge in [0.15, 0.2) is 0 Å². The van der Waals surface area contributed by atoms with Crippen molar-refractivity contribution in [2.45, 2.75) is 44.5 Å². The largest absolute Gasteiger partial charge is 0.353 e.